The molecule has 0 aliphatic rings. The minimum Gasteiger partial charge on any atom is -0.424 e. The molecular weight excluding hydrogens is 209 g/mol. The molecule has 0 aliphatic heterocycles. The monoisotopic (exact) mass is 219 g/mol. The Labute approximate surface area is 91.9 Å². The number of halogens is 1. The minimum absolute atomic E-state index is 0.0927. The molecule has 2 N–H and O–H groups in total. The van der Waals surface area contributed by atoms with Gasteiger partial charge in [0, 0.05) is 11.3 Å². The molecule has 0 fully saturated rings. The fraction of sp³-hybridized carbons (Fsp3) is 0.0909. The van der Waals surface area contributed by atoms with Crippen molar-refractivity contribution in [2.24, 2.45) is 0 Å². The summed E-state index contributed by atoms with van der Waals surface area (Å²) in [5.74, 6) is 0.0586. The molecule has 0 atom stereocenters. The van der Waals surface area contributed by atoms with Crippen LogP contribution < -0.4 is 10.5 Å². The smallest absolute Gasteiger partial charge is 0.322 e. The lowest BCUT2D eigenvalue weighted by Crippen LogP contribution is -1.96. The second-order valence-electron chi connectivity index (χ2n) is 3.26. The van der Waals surface area contributed by atoms with E-state index in [0.717, 1.165) is 18.0 Å². The van der Waals surface area contributed by atoms with Gasteiger partial charge in [0.15, 0.2) is 5.82 Å². The molecule has 0 radical (unpaired) electrons. The molecule has 4 nitrogen and oxygen atoms in total. The van der Waals surface area contributed by atoms with E-state index in [9.17, 15) is 4.39 Å². The summed E-state index contributed by atoms with van der Waals surface area (Å²) in [6, 6.07) is 5.38. The zero-order valence-corrected chi connectivity index (χ0v) is 8.64. The van der Waals surface area contributed by atoms with E-state index >= 15 is 0 Å². The number of ether oxygens (including phenoxy) is 1. The van der Waals surface area contributed by atoms with Crippen LogP contribution in [0.3, 0.4) is 0 Å². The fourth-order valence-corrected chi connectivity index (χ4v) is 1.19. The van der Waals surface area contributed by atoms with E-state index in [0.29, 0.717) is 11.4 Å². The minimum atomic E-state index is -0.503. The Kier molecular flexibility index (Phi) is 2.68. The molecule has 0 amide bonds. The molecule has 0 unspecified atom stereocenters. The number of aromatic nitrogens is 2. The van der Waals surface area contributed by atoms with Crippen molar-refractivity contribution in [1.82, 2.24) is 9.97 Å². The zero-order chi connectivity index (χ0) is 11.5. The van der Waals surface area contributed by atoms with Gasteiger partial charge >= 0.3 is 6.01 Å². The highest BCUT2D eigenvalue weighted by atomic mass is 19.1. The summed E-state index contributed by atoms with van der Waals surface area (Å²) >= 11 is 0. The number of nitrogen functional groups attached to an aromatic ring is 1. The first kappa shape index (κ1) is 10.4. The van der Waals surface area contributed by atoms with Crippen molar-refractivity contribution in [3.05, 3.63) is 42.0 Å². The summed E-state index contributed by atoms with van der Waals surface area (Å²) in [4.78, 5) is 7.39. The van der Waals surface area contributed by atoms with Gasteiger partial charge in [-0.25, -0.2) is 14.4 Å². The normalized spacial score (nSPS) is 10.1. The molecule has 5 heteroatoms. The maximum Gasteiger partial charge on any atom is 0.322 e. The lowest BCUT2D eigenvalue weighted by Gasteiger charge is -2.08. The molecule has 0 saturated heterocycles. The third-order valence-electron chi connectivity index (χ3n) is 2.12. The Morgan fingerprint density at radius 3 is 2.62 bits per heavy atom. The lowest BCUT2D eigenvalue weighted by atomic mass is 10.2. The first-order valence-corrected chi connectivity index (χ1v) is 4.67. The van der Waals surface area contributed by atoms with E-state index < -0.39 is 5.82 Å². The maximum absolute atomic E-state index is 12.6. The van der Waals surface area contributed by atoms with Crippen LogP contribution in [0.25, 0.3) is 0 Å². The molecule has 2 aromatic rings. The maximum atomic E-state index is 12.6. The van der Waals surface area contributed by atoms with Gasteiger partial charge < -0.3 is 10.5 Å². The van der Waals surface area contributed by atoms with E-state index in [1.807, 2.05) is 6.92 Å². The highest BCUT2D eigenvalue weighted by Gasteiger charge is 2.05. The van der Waals surface area contributed by atoms with Crippen molar-refractivity contribution in [3.63, 3.8) is 0 Å². The molecule has 1 aromatic heterocycles. The van der Waals surface area contributed by atoms with Gasteiger partial charge in [-0.15, -0.1) is 0 Å². The molecule has 16 heavy (non-hydrogen) atoms. The quantitative estimate of drug-likeness (QED) is 0.787. The second kappa shape index (κ2) is 4.14. The van der Waals surface area contributed by atoms with Crippen LogP contribution in [-0.2, 0) is 0 Å². The summed E-state index contributed by atoms with van der Waals surface area (Å²) in [6.45, 7) is 1.83. The summed E-state index contributed by atoms with van der Waals surface area (Å²) in [5, 5.41) is 0. The molecule has 1 heterocycles. The SMILES string of the molecule is Cc1c(N)cccc1Oc1ncc(F)cn1. The third-order valence-corrected chi connectivity index (χ3v) is 2.12. The summed E-state index contributed by atoms with van der Waals surface area (Å²) in [7, 11) is 0. The van der Waals surface area contributed by atoms with Gasteiger partial charge in [0.05, 0.1) is 12.4 Å². The number of anilines is 1. The van der Waals surface area contributed by atoms with Gasteiger partial charge in [-0.05, 0) is 19.1 Å². The highest BCUT2D eigenvalue weighted by molar-refractivity contribution is 5.53. The van der Waals surface area contributed by atoms with Crippen LogP contribution in [0.15, 0.2) is 30.6 Å². The Morgan fingerprint density at radius 1 is 1.25 bits per heavy atom. The fourth-order valence-electron chi connectivity index (χ4n) is 1.19. The van der Waals surface area contributed by atoms with Gasteiger partial charge in [0.1, 0.15) is 5.75 Å². The van der Waals surface area contributed by atoms with Crippen LogP contribution >= 0.6 is 0 Å². The van der Waals surface area contributed by atoms with E-state index in [1.165, 1.54) is 0 Å². The molecule has 0 bridgehead atoms. The van der Waals surface area contributed by atoms with Crippen LogP contribution in [0.4, 0.5) is 10.1 Å². The van der Waals surface area contributed by atoms with E-state index in [-0.39, 0.29) is 6.01 Å². The Balaban J connectivity index is 2.27. The first-order chi connectivity index (χ1) is 7.66. The van der Waals surface area contributed by atoms with Crippen molar-refractivity contribution in [1.29, 1.82) is 0 Å². The second-order valence-corrected chi connectivity index (χ2v) is 3.26. The van der Waals surface area contributed by atoms with Crippen molar-refractivity contribution >= 4 is 5.69 Å². The van der Waals surface area contributed by atoms with Crippen LogP contribution in [0, 0.1) is 12.7 Å². The lowest BCUT2D eigenvalue weighted by molar-refractivity contribution is 0.433. The zero-order valence-electron chi connectivity index (χ0n) is 8.64. The largest absolute Gasteiger partial charge is 0.424 e. The predicted molar refractivity (Wildman–Crippen MR) is 57.7 cm³/mol. The standard InChI is InChI=1S/C11H10FN3O/c1-7-9(13)3-2-4-10(7)16-11-14-5-8(12)6-15-11/h2-6H,13H2,1H3. The van der Waals surface area contributed by atoms with Crippen molar-refractivity contribution in [2.45, 2.75) is 6.92 Å². The van der Waals surface area contributed by atoms with Gasteiger partial charge in [-0.1, -0.05) is 6.07 Å². The number of rotatable bonds is 2. The molecule has 1 aromatic carbocycles. The first-order valence-electron chi connectivity index (χ1n) is 4.67. The highest BCUT2D eigenvalue weighted by Crippen LogP contribution is 2.26. The molecular formula is C11H10FN3O. The Bertz CT molecular complexity index is 499. The molecule has 2 rings (SSSR count). The Morgan fingerprint density at radius 2 is 1.94 bits per heavy atom. The number of benzene rings is 1. The van der Waals surface area contributed by atoms with E-state index in [2.05, 4.69) is 9.97 Å². The average molecular weight is 219 g/mol. The van der Waals surface area contributed by atoms with Crippen molar-refractivity contribution in [3.8, 4) is 11.8 Å². The summed E-state index contributed by atoms with van der Waals surface area (Å²) in [6.07, 6.45) is 2.09. The van der Waals surface area contributed by atoms with E-state index in [1.54, 1.807) is 18.2 Å². The molecule has 82 valence electrons. The topological polar surface area (TPSA) is 61.0 Å². The number of hydrogen-bond acceptors (Lipinski definition) is 4. The molecule has 0 saturated carbocycles. The predicted octanol–water partition coefficient (Wildman–Crippen LogP) is 2.30. The van der Waals surface area contributed by atoms with Gasteiger partial charge in [0.2, 0.25) is 0 Å². The molecule has 0 aliphatic carbocycles. The summed E-state index contributed by atoms with van der Waals surface area (Å²) < 4.78 is 17.9. The molecule has 0 spiro atoms. The number of nitrogens with zero attached hydrogens (tertiary/aromatic N) is 2. The van der Waals surface area contributed by atoms with Gasteiger partial charge in [0.25, 0.3) is 0 Å². The number of hydrogen-bond donors (Lipinski definition) is 1. The Hall–Kier alpha value is -2.17. The number of nitrogens with two attached hydrogens (primary N) is 1. The summed E-state index contributed by atoms with van der Waals surface area (Å²) in [5.41, 5.74) is 7.14. The van der Waals surface area contributed by atoms with Crippen LogP contribution in [-0.4, -0.2) is 9.97 Å². The average Bonchev–Trinajstić information content (AvgIpc) is 2.28. The van der Waals surface area contributed by atoms with Crippen molar-refractivity contribution in [2.75, 3.05) is 5.73 Å². The van der Waals surface area contributed by atoms with Crippen LogP contribution in [0.5, 0.6) is 11.8 Å². The van der Waals surface area contributed by atoms with E-state index in [4.69, 9.17) is 10.5 Å². The van der Waals surface area contributed by atoms with Gasteiger partial charge in [-0.3, -0.25) is 0 Å². The van der Waals surface area contributed by atoms with Crippen LogP contribution in [0.1, 0.15) is 5.56 Å². The third kappa shape index (κ3) is 2.08. The van der Waals surface area contributed by atoms with Crippen LogP contribution in [0.2, 0.25) is 0 Å². The van der Waals surface area contributed by atoms with Crippen molar-refractivity contribution < 1.29 is 9.13 Å². The van der Waals surface area contributed by atoms with Gasteiger partial charge in [-0.2, -0.15) is 0 Å².